The van der Waals surface area contributed by atoms with Gasteiger partial charge >= 0.3 is 0 Å². The standard InChI is InChI=1S/C14H26N2OS/c1-18-14(8-4-5-9-14)11-16-13(17)12-7-3-2-6-10-15-12/h12,15H,2-11H2,1H3,(H,16,17). The molecule has 2 fully saturated rings. The Hall–Kier alpha value is -0.220. The first-order chi connectivity index (χ1) is 8.76. The van der Waals surface area contributed by atoms with Crippen molar-refractivity contribution in [2.45, 2.75) is 62.2 Å². The Morgan fingerprint density at radius 3 is 2.78 bits per heavy atom. The molecule has 1 amide bonds. The number of carbonyl (C=O) groups excluding carboxylic acids is 1. The molecule has 0 spiro atoms. The fourth-order valence-electron chi connectivity index (χ4n) is 3.10. The van der Waals surface area contributed by atoms with Crippen molar-refractivity contribution in [2.75, 3.05) is 19.3 Å². The molecule has 2 N–H and O–H groups in total. The molecule has 0 aromatic heterocycles. The summed E-state index contributed by atoms with van der Waals surface area (Å²) in [6, 6.07) is 0.0489. The maximum Gasteiger partial charge on any atom is 0.237 e. The van der Waals surface area contributed by atoms with Gasteiger partial charge in [-0.25, -0.2) is 0 Å². The van der Waals surface area contributed by atoms with Crippen molar-refractivity contribution >= 4 is 17.7 Å². The summed E-state index contributed by atoms with van der Waals surface area (Å²) >= 11 is 1.94. The number of rotatable bonds is 4. The Labute approximate surface area is 115 Å². The normalized spacial score (nSPS) is 27.7. The number of hydrogen-bond donors (Lipinski definition) is 2. The van der Waals surface area contributed by atoms with Crippen molar-refractivity contribution in [1.82, 2.24) is 10.6 Å². The van der Waals surface area contributed by atoms with Gasteiger partial charge < -0.3 is 10.6 Å². The first-order valence-corrected chi connectivity index (χ1v) is 8.54. The fraction of sp³-hybridized carbons (Fsp3) is 0.929. The van der Waals surface area contributed by atoms with Crippen molar-refractivity contribution in [3.8, 4) is 0 Å². The lowest BCUT2D eigenvalue weighted by Gasteiger charge is -2.28. The van der Waals surface area contributed by atoms with Crippen molar-refractivity contribution in [2.24, 2.45) is 0 Å². The van der Waals surface area contributed by atoms with Crippen LogP contribution >= 0.6 is 11.8 Å². The molecule has 1 saturated heterocycles. The van der Waals surface area contributed by atoms with E-state index in [4.69, 9.17) is 0 Å². The predicted molar refractivity (Wildman–Crippen MR) is 78.0 cm³/mol. The van der Waals surface area contributed by atoms with Crippen LogP contribution in [0.25, 0.3) is 0 Å². The highest BCUT2D eigenvalue weighted by Gasteiger charge is 2.33. The van der Waals surface area contributed by atoms with E-state index in [1.165, 1.54) is 44.9 Å². The molecule has 1 aliphatic heterocycles. The van der Waals surface area contributed by atoms with E-state index in [9.17, 15) is 4.79 Å². The summed E-state index contributed by atoms with van der Waals surface area (Å²) < 4.78 is 0.320. The number of nitrogens with one attached hydrogen (secondary N) is 2. The van der Waals surface area contributed by atoms with Gasteiger partial charge in [0.05, 0.1) is 6.04 Å². The molecule has 2 aliphatic rings. The van der Waals surface area contributed by atoms with Crippen molar-refractivity contribution < 1.29 is 4.79 Å². The molecule has 4 heteroatoms. The van der Waals surface area contributed by atoms with Crippen LogP contribution in [0, 0.1) is 0 Å². The molecule has 104 valence electrons. The largest absolute Gasteiger partial charge is 0.353 e. The van der Waals surface area contributed by atoms with Gasteiger partial charge in [0.1, 0.15) is 0 Å². The van der Waals surface area contributed by atoms with Gasteiger partial charge in [0.2, 0.25) is 5.91 Å². The van der Waals surface area contributed by atoms with Gasteiger partial charge in [0.25, 0.3) is 0 Å². The number of thioether (sulfide) groups is 1. The second-order valence-electron chi connectivity index (χ2n) is 5.67. The summed E-state index contributed by atoms with van der Waals surface area (Å²) in [5.41, 5.74) is 0. The zero-order valence-corrected chi connectivity index (χ0v) is 12.3. The summed E-state index contributed by atoms with van der Waals surface area (Å²) in [4.78, 5) is 12.2. The maximum atomic E-state index is 12.2. The Kier molecular flexibility index (Phi) is 5.37. The highest BCUT2D eigenvalue weighted by atomic mass is 32.2. The van der Waals surface area contributed by atoms with Crippen LogP contribution in [0.5, 0.6) is 0 Å². The predicted octanol–water partition coefficient (Wildman–Crippen LogP) is 2.31. The van der Waals surface area contributed by atoms with Crippen LogP contribution in [0.3, 0.4) is 0 Å². The molecule has 0 radical (unpaired) electrons. The smallest absolute Gasteiger partial charge is 0.237 e. The number of carbonyl (C=O) groups is 1. The highest BCUT2D eigenvalue weighted by molar-refractivity contribution is 8.00. The molecule has 1 atom stereocenters. The fourth-order valence-corrected chi connectivity index (χ4v) is 4.01. The van der Waals surface area contributed by atoms with E-state index in [1.807, 2.05) is 11.8 Å². The van der Waals surface area contributed by atoms with E-state index in [0.717, 1.165) is 19.5 Å². The van der Waals surface area contributed by atoms with E-state index in [1.54, 1.807) is 0 Å². The Bertz CT molecular complexity index is 269. The summed E-state index contributed by atoms with van der Waals surface area (Å²) in [6.45, 7) is 1.84. The zero-order valence-electron chi connectivity index (χ0n) is 11.5. The van der Waals surface area contributed by atoms with Crippen LogP contribution in [0.15, 0.2) is 0 Å². The first-order valence-electron chi connectivity index (χ1n) is 7.32. The Balaban J connectivity index is 1.79. The van der Waals surface area contributed by atoms with E-state index in [0.29, 0.717) is 4.75 Å². The summed E-state index contributed by atoms with van der Waals surface area (Å²) in [6.07, 6.45) is 12.0. The summed E-state index contributed by atoms with van der Waals surface area (Å²) in [7, 11) is 0. The Morgan fingerprint density at radius 2 is 2.06 bits per heavy atom. The summed E-state index contributed by atoms with van der Waals surface area (Å²) in [5.74, 6) is 0.220. The van der Waals surface area contributed by atoms with Crippen molar-refractivity contribution in [3.63, 3.8) is 0 Å². The third kappa shape index (κ3) is 3.64. The van der Waals surface area contributed by atoms with Crippen LogP contribution in [-0.2, 0) is 4.79 Å². The molecule has 3 nitrogen and oxygen atoms in total. The lowest BCUT2D eigenvalue weighted by molar-refractivity contribution is -0.123. The van der Waals surface area contributed by atoms with Gasteiger partial charge in [-0.1, -0.05) is 25.7 Å². The van der Waals surface area contributed by atoms with Crippen LogP contribution in [0.2, 0.25) is 0 Å². The molecule has 18 heavy (non-hydrogen) atoms. The van der Waals surface area contributed by atoms with Gasteiger partial charge in [-0.3, -0.25) is 4.79 Å². The minimum atomic E-state index is 0.0489. The van der Waals surface area contributed by atoms with Crippen LogP contribution < -0.4 is 10.6 Å². The monoisotopic (exact) mass is 270 g/mol. The van der Waals surface area contributed by atoms with Crippen molar-refractivity contribution in [1.29, 1.82) is 0 Å². The summed E-state index contributed by atoms with van der Waals surface area (Å²) in [5, 5.41) is 6.56. The molecular weight excluding hydrogens is 244 g/mol. The number of hydrogen-bond acceptors (Lipinski definition) is 3. The lowest BCUT2D eigenvalue weighted by atomic mass is 10.1. The van der Waals surface area contributed by atoms with E-state index < -0.39 is 0 Å². The molecule has 1 unspecified atom stereocenters. The first kappa shape index (κ1) is 14.2. The number of amides is 1. The van der Waals surface area contributed by atoms with Gasteiger partial charge in [0.15, 0.2) is 0 Å². The van der Waals surface area contributed by atoms with Gasteiger partial charge in [-0.2, -0.15) is 11.8 Å². The van der Waals surface area contributed by atoms with E-state index >= 15 is 0 Å². The second kappa shape index (κ2) is 6.80. The third-order valence-electron chi connectivity index (χ3n) is 4.41. The Morgan fingerprint density at radius 1 is 1.28 bits per heavy atom. The third-order valence-corrected chi connectivity index (χ3v) is 5.83. The quantitative estimate of drug-likeness (QED) is 0.823. The van der Waals surface area contributed by atoms with Crippen LogP contribution in [0.1, 0.15) is 51.4 Å². The van der Waals surface area contributed by atoms with Gasteiger partial charge in [0, 0.05) is 11.3 Å². The van der Waals surface area contributed by atoms with Crippen LogP contribution in [0.4, 0.5) is 0 Å². The molecule has 0 aromatic carbocycles. The second-order valence-corrected chi connectivity index (χ2v) is 6.94. The topological polar surface area (TPSA) is 41.1 Å². The minimum Gasteiger partial charge on any atom is -0.353 e. The van der Waals surface area contributed by atoms with Crippen molar-refractivity contribution in [3.05, 3.63) is 0 Å². The molecule has 1 aliphatic carbocycles. The molecule has 1 heterocycles. The molecule has 2 rings (SSSR count). The SMILES string of the molecule is CSC1(CNC(=O)C2CCCCCN2)CCCC1. The molecular formula is C14H26N2OS. The minimum absolute atomic E-state index is 0.0489. The average Bonchev–Trinajstić information content (AvgIpc) is 2.70. The molecule has 1 saturated carbocycles. The van der Waals surface area contributed by atoms with E-state index in [-0.39, 0.29) is 11.9 Å². The van der Waals surface area contributed by atoms with Crippen LogP contribution in [-0.4, -0.2) is 36.0 Å². The lowest BCUT2D eigenvalue weighted by Crippen LogP contribution is -2.47. The van der Waals surface area contributed by atoms with E-state index in [2.05, 4.69) is 16.9 Å². The highest BCUT2D eigenvalue weighted by Crippen LogP contribution is 2.39. The average molecular weight is 270 g/mol. The maximum absolute atomic E-state index is 12.2. The van der Waals surface area contributed by atoms with Gasteiger partial charge in [-0.15, -0.1) is 0 Å². The molecule has 0 bridgehead atoms. The van der Waals surface area contributed by atoms with Gasteiger partial charge in [-0.05, 0) is 38.5 Å². The molecule has 0 aromatic rings. The zero-order chi connectivity index (χ0) is 12.8.